The molecule has 11 heteroatoms. The van der Waals surface area contributed by atoms with Gasteiger partial charge in [0.05, 0.1) is 15.5 Å². The van der Waals surface area contributed by atoms with Crippen molar-refractivity contribution in [3.63, 3.8) is 0 Å². The average molecular weight is 584 g/mol. The van der Waals surface area contributed by atoms with E-state index >= 15 is 0 Å². The maximum atomic E-state index is 12.9. The highest BCUT2D eigenvalue weighted by atomic mass is 35.5. The van der Waals surface area contributed by atoms with E-state index in [1.165, 1.54) is 79.8 Å². The van der Waals surface area contributed by atoms with Gasteiger partial charge in [0.25, 0.3) is 26.0 Å². The zero-order valence-corrected chi connectivity index (χ0v) is 23.7. The number of hydrogen-bond acceptors (Lipinski definition) is 5. The number of anilines is 3. The van der Waals surface area contributed by atoms with E-state index in [-0.39, 0.29) is 9.79 Å². The van der Waals surface area contributed by atoms with Crippen LogP contribution in [0.2, 0.25) is 5.02 Å². The van der Waals surface area contributed by atoms with E-state index in [2.05, 4.69) is 10.0 Å². The molecule has 0 aliphatic heterocycles. The molecule has 4 rings (SSSR count). The van der Waals surface area contributed by atoms with Crippen LogP contribution in [0.4, 0.5) is 17.1 Å². The molecule has 0 aliphatic rings. The van der Waals surface area contributed by atoms with Crippen LogP contribution < -0.4 is 14.3 Å². The lowest BCUT2D eigenvalue weighted by Crippen LogP contribution is -2.26. The Kier molecular flexibility index (Phi) is 8.01. The van der Waals surface area contributed by atoms with E-state index in [0.717, 1.165) is 15.4 Å². The fourth-order valence-corrected chi connectivity index (χ4v) is 6.04. The summed E-state index contributed by atoms with van der Waals surface area (Å²) >= 11 is 5.85. The number of sulfonamides is 2. The van der Waals surface area contributed by atoms with Crippen LogP contribution in [0.5, 0.6) is 0 Å². The fourth-order valence-electron chi connectivity index (χ4n) is 3.67. The smallest absolute Gasteiger partial charge is 0.264 e. The van der Waals surface area contributed by atoms with Crippen molar-refractivity contribution in [2.24, 2.45) is 0 Å². The first-order valence-electron chi connectivity index (χ1n) is 11.7. The van der Waals surface area contributed by atoms with Crippen LogP contribution in [-0.2, 0) is 20.0 Å². The minimum Gasteiger partial charge on any atom is -0.322 e. The van der Waals surface area contributed by atoms with Crippen molar-refractivity contribution in [2.45, 2.75) is 23.6 Å². The van der Waals surface area contributed by atoms with Gasteiger partial charge in [-0.05, 0) is 110 Å². The second-order valence-electron chi connectivity index (χ2n) is 8.86. The third-order valence-electron chi connectivity index (χ3n) is 6.15. The number of benzene rings is 4. The molecule has 0 spiro atoms. The summed E-state index contributed by atoms with van der Waals surface area (Å²) in [6.45, 7) is 3.85. The molecule has 0 saturated heterocycles. The molecule has 0 unspecified atom stereocenters. The molecule has 0 fully saturated rings. The highest BCUT2D eigenvalue weighted by Gasteiger charge is 2.21. The lowest BCUT2D eigenvalue weighted by atomic mass is 10.1. The van der Waals surface area contributed by atoms with Crippen LogP contribution in [-0.4, -0.2) is 29.8 Å². The average Bonchev–Trinajstić information content (AvgIpc) is 2.91. The van der Waals surface area contributed by atoms with Crippen LogP contribution in [0.25, 0.3) is 0 Å². The van der Waals surface area contributed by atoms with Crippen LogP contribution in [0, 0.1) is 13.8 Å². The number of hydrogen-bond donors (Lipinski definition) is 2. The summed E-state index contributed by atoms with van der Waals surface area (Å²) in [5.41, 5.74) is 3.55. The van der Waals surface area contributed by atoms with Gasteiger partial charge >= 0.3 is 0 Å². The minimum absolute atomic E-state index is 0.0491. The molecule has 0 bridgehead atoms. The number of carbonyl (C=O) groups excluding carboxylic acids is 1. The first kappa shape index (κ1) is 28.2. The molecule has 4 aromatic carbocycles. The Morgan fingerprint density at radius 3 is 1.87 bits per heavy atom. The number of amides is 1. The molecule has 202 valence electrons. The molecule has 0 aromatic heterocycles. The fraction of sp³-hybridized carbons (Fsp3) is 0.107. The number of rotatable bonds is 8. The lowest BCUT2D eigenvalue weighted by Gasteiger charge is -2.20. The number of nitrogens with one attached hydrogen (secondary N) is 2. The highest BCUT2D eigenvalue weighted by molar-refractivity contribution is 7.93. The summed E-state index contributed by atoms with van der Waals surface area (Å²) in [5.74, 6) is -0.436. The van der Waals surface area contributed by atoms with E-state index < -0.39 is 26.0 Å². The van der Waals surface area contributed by atoms with Crippen LogP contribution in [0.1, 0.15) is 21.5 Å². The van der Waals surface area contributed by atoms with E-state index in [1.54, 1.807) is 12.1 Å². The summed E-state index contributed by atoms with van der Waals surface area (Å²) in [4.78, 5) is 12.9. The van der Waals surface area contributed by atoms with Gasteiger partial charge in [0.1, 0.15) is 0 Å². The van der Waals surface area contributed by atoms with Gasteiger partial charge in [-0.15, -0.1) is 0 Å². The van der Waals surface area contributed by atoms with Gasteiger partial charge in [0.15, 0.2) is 0 Å². The Labute approximate surface area is 233 Å². The quantitative estimate of drug-likeness (QED) is 0.271. The summed E-state index contributed by atoms with van der Waals surface area (Å²) in [5, 5.41) is 3.14. The van der Waals surface area contributed by atoms with Crippen molar-refractivity contribution in [2.75, 3.05) is 21.4 Å². The van der Waals surface area contributed by atoms with Crippen molar-refractivity contribution >= 4 is 54.6 Å². The molecule has 0 atom stereocenters. The zero-order chi connectivity index (χ0) is 28.4. The zero-order valence-electron chi connectivity index (χ0n) is 21.3. The Balaban J connectivity index is 1.42. The molecule has 8 nitrogen and oxygen atoms in total. The van der Waals surface area contributed by atoms with E-state index in [4.69, 9.17) is 11.6 Å². The van der Waals surface area contributed by atoms with E-state index in [1.807, 2.05) is 19.9 Å². The number of halogens is 1. The SMILES string of the molecule is Cc1ccc(NS(=O)(=O)c2ccc(NC(=O)c3ccc(N(C)S(=O)(=O)c4ccc(Cl)cc4)cc3)cc2)cc1C. The molecule has 0 radical (unpaired) electrons. The van der Waals surface area contributed by atoms with Crippen molar-refractivity contribution in [3.05, 3.63) is 113 Å². The van der Waals surface area contributed by atoms with Gasteiger partial charge < -0.3 is 5.32 Å². The van der Waals surface area contributed by atoms with E-state index in [9.17, 15) is 21.6 Å². The molecule has 2 N–H and O–H groups in total. The summed E-state index contributed by atoms with van der Waals surface area (Å²) in [6, 6.07) is 23.0. The first-order valence-corrected chi connectivity index (χ1v) is 15.0. The highest BCUT2D eigenvalue weighted by Crippen LogP contribution is 2.24. The summed E-state index contributed by atoms with van der Waals surface area (Å²) in [6.07, 6.45) is 0. The molecule has 0 aliphatic carbocycles. The second-order valence-corrected chi connectivity index (χ2v) is 12.9. The Morgan fingerprint density at radius 1 is 0.718 bits per heavy atom. The molecule has 1 amide bonds. The third-order valence-corrected chi connectivity index (χ3v) is 9.60. The Bertz CT molecular complexity index is 1720. The predicted octanol–water partition coefficient (Wildman–Crippen LogP) is 5.84. The van der Waals surface area contributed by atoms with Crippen molar-refractivity contribution < 1.29 is 21.6 Å². The van der Waals surface area contributed by atoms with Gasteiger partial charge in [-0.3, -0.25) is 13.8 Å². The van der Waals surface area contributed by atoms with Gasteiger partial charge in [-0.25, -0.2) is 16.8 Å². The van der Waals surface area contributed by atoms with E-state index in [0.29, 0.717) is 27.6 Å². The molecular weight excluding hydrogens is 558 g/mol. The Morgan fingerprint density at radius 2 is 1.28 bits per heavy atom. The maximum absolute atomic E-state index is 12.9. The van der Waals surface area contributed by atoms with Gasteiger partial charge in [0, 0.05) is 29.0 Å². The standard InChI is InChI=1S/C28H26ClN3O5S2/c1-19-4-9-24(18-20(19)2)31-38(34,35)26-16-10-23(11-17-26)30-28(33)21-5-12-25(13-6-21)32(3)39(36,37)27-14-7-22(29)8-15-27/h4-18,31H,1-3H3,(H,30,33). The second kappa shape index (κ2) is 11.1. The normalized spacial score (nSPS) is 11.6. The van der Waals surface area contributed by atoms with Crippen LogP contribution >= 0.6 is 11.6 Å². The van der Waals surface area contributed by atoms with Gasteiger partial charge in [-0.1, -0.05) is 17.7 Å². The molecule has 0 saturated carbocycles. The summed E-state index contributed by atoms with van der Waals surface area (Å²) in [7, 11) is -6.20. The van der Waals surface area contributed by atoms with Crippen molar-refractivity contribution in [3.8, 4) is 0 Å². The first-order chi connectivity index (χ1) is 18.4. The third kappa shape index (κ3) is 6.42. The number of aryl methyl sites for hydroxylation is 2. The lowest BCUT2D eigenvalue weighted by molar-refractivity contribution is 0.102. The number of nitrogens with zero attached hydrogens (tertiary/aromatic N) is 1. The molecule has 39 heavy (non-hydrogen) atoms. The van der Waals surface area contributed by atoms with Crippen LogP contribution in [0.15, 0.2) is 101 Å². The van der Waals surface area contributed by atoms with Crippen molar-refractivity contribution in [1.29, 1.82) is 0 Å². The Hall–Kier alpha value is -3.86. The monoisotopic (exact) mass is 583 g/mol. The molecule has 0 heterocycles. The maximum Gasteiger partial charge on any atom is 0.264 e. The van der Waals surface area contributed by atoms with Gasteiger partial charge in [0.2, 0.25) is 0 Å². The largest absolute Gasteiger partial charge is 0.322 e. The molecule has 4 aromatic rings. The van der Waals surface area contributed by atoms with Crippen molar-refractivity contribution in [1.82, 2.24) is 0 Å². The summed E-state index contributed by atoms with van der Waals surface area (Å²) < 4.78 is 55.0. The predicted molar refractivity (Wildman–Crippen MR) is 155 cm³/mol. The minimum atomic E-state index is -3.81. The topological polar surface area (TPSA) is 113 Å². The van der Waals surface area contributed by atoms with Crippen LogP contribution in [0.3, 0.4) is 0 Å². The molecular formula is C28H26ClN3O5S2. The van der Waals surface area contributed by atoms with Gasteiger partial charge in [-0.2, -0.15) is 0 Å². The number of carbonyl (C=O) groups is 1.